The molecule has 3 heteroatoms. The van der Waals surface area contributed by atoms with Crippen molar-refractivity contribution in [2.45, 2.75) is 76.7 Å². The molecular weight excluding hydrogens is 202 g/mol. The van der Waals surface area contributed by atoms with E-state index < -0.39 is 8.32 Å². The molecule has 0 aromatic carbocycles. The molecule has 0 aromatic heterocycles. The van der Waals surface area contributed by atoms with Gasteiger partial charge in [0.25, 0.3) is 0 Å². The predicted octanol–water partition coefficient (Wildman–Crippen LogP) is 3.28. The first-order valence-corrected chi connectivity index (χ1v) is 8.98. The Labute approximate surface area is 95.7 Å². The molecule has 1 aliphatic carbocycles. The van der Waals surface area contributed by atoms with Crippen molar-refractivity contribution >= 4 is 8.32 Å². The highest BCUT2D eigenvalue weighted by molar-refractivity contribution is 6.74. The summed E-state index contributed by atoms with van der Waals surface area (Å²) in [5, 5.41) is 0.300. The zero-order chi connectivity index (χ0) is 11.9. The molecule has 0 unspecified atom stereocenters. The van der Waals surface area contributed by atoms with Crippen LogP contribution in [0.1, 0.15) is 47.0 Å². The standard InChI is InChI=1S/C12H27NOSi/c1-7-12(8-10(13)9-12)14-15(5,6)11(2,3)4/h10H,7-9,13H2,1-6H3/t10-,12+. The minimum absolute atomic E-state index is 0.114. The van der Waals surface area contributed by atoms with E-state index in [0.29, 0.717) is 11.1 Å². The molecule has 0 spiro atoms. The van der Waals surface area contributed by atoms with Crippen LogP contribution in [-0.4, -0.2) is 20.0 Å². The second-order valence-electron chi connectivity index (χ2n) is 6.57. The van der Waals surface area contributed by atoms with Crippen molar-refractivity contribution < 1.29 is 4.43 Å². The van der Waals surface area contributed by atoms with Crippen LogP contribution in [0.5, 0.6) is 0 Å². The zero-order valence-electron chi connectivity index (χ0n) is 11.2. The van der Waals surface area contributed by atoms with E-state index in [1.165, 1.54) is 0 Å². The van der Waals surface area contributed by atoms with Gasteiger partial charge in [0, 0.05) is 6.04 Å². The number of hydrogen-bond acceptors (Lipinski definition) is 2. The Kier molecular flexibility index (Phi) is 3.40. The second-order valence-corrected chi connectivity index (χ2v) is 11.3. The van der Waals surface area contributed by atoms with Crippen LogP contribution in [-0.2, 0) is 4.43 Å². The van der Waals surface area contributed by atoms with Gasteiger partial charge in [0.2, 0.25) is 0 Å². The zero-order valence-corrected chi connectivity index (χ0v) is 12.2. The third-order valence-corrected chi connectivity index (χ3v) is 8.75. The maximum absolute atomic E-state index is 6.50. The molecule has 2 N–H and O–H groups in total. The first-order valence-electron chi connectivity index (χ1n) is 6.08. The summed E-state index contributed by atoms with van der Waals surface area (Å²) in [5.41, 5.74) is 6.01. The number of hydrogen-bond donors (Lipinski definition) is 1. The average Bonchev–Trinajstić information content (AvgIpc) is 1.98. The Morgan fingerprint density at radius 2 is 1.80 bits per heavy atom. The van der Waals surface area contributed by atoms with Gasteiger partial charge >= 0.3 is 0 Å². The molecule has 90 valence electrons. The van der Waals surface area contributed by atoms with Gasteiger partial charge in [-0.25, -0.2) is 0 Å². The van der Waals surface area contributed by atoms with Gasteiger partial charge < -0.3 is 10.2 Å². The molecule has 1 rings (SSSR count). The lowest BCUT2D eigenvalue weighted by Gasteiger charge is -2.52. The first-order chi connectivity index (χ1) is 6.62. The molecule has 0 saturated heterocycles. The van der Waals surface area contributed by atoms with Gasteiger partial charge in [-0.1, -0.05) is 27.7 Å². The molecular formula is C12H27NOSi. The Bertz CT molecular complexity index is 226. The summed E-state index contributed by atoms with van der Waals surface area (Å²) in [7, 11) is -1.62. The van der Waals surface area contributed by atoms with E-state index in [0.717, 1.165) is 19.3 Å². The van der Waals surface area contributed by atoms with Crippen molar-refractivity contribution in [3.05, 3.63) is 0 Å². The molecule has 0 amide bonds. The summed E-state index contributed by atoms with van der Waals surface area (Å²) in [6, 6.07) is 0.370. The molecule has 0 heterocycles. The van der Waals surface area contributed by atoms with Crippen LogP contribution < -0.4 is 5.73 Å². The third-order valence-electron chi connectivity index (χ3n) is 4.19. The molecule has 1 aliphatic rings. The Morgan fingerprint density at radius 3 is 2.07 bits per heavy atom. The third kappa shape index (κ3) is 2.63. The summed E-state index contributed by atoms with van der Waals surface area (Å²) >= 11 is 0. The minimum atomic E-state index is -1.62. The first kappa shape index (κ1) is 13.2. The molecule has 1 saturated carbocycles. The van der Waals surface area contributed by atoms with Gasteiger partial charge in [-0.15, -0.1) is 0 Å². The number of rotatable bonds is 3. The van der Waals surface area contributed by atoms with Crippen LogP contribution in [0.3, 0.4) is 0 Å². The lowest BCUT2D eigenvalue weighted by Crippen LogP contribution is -2.59. The van der Waals surface area contributed by atoms with Crippen molar-refractivity contribution in [1.82, 2.24) is 0 Å². The van der Waals surface area contributed by atoms with Gasteiger partial charge in [0.15, 0.2) is 8.32 Å². The smallest absolute Gasteiger partial charge is 0.192 e. The molecule has 0 radical (unpaired) electrons. The minimum Gasteiger partial charge on any atom is -0.411 e. The van der Waals surface area contributed by atoms with Crippen LogP contribution in [0.25, 0.3) is 0 Å². The summed E-state index contributed by atoms with van der Waals surface area (Å²) in [6.07, 6.45) is 3.21. The van der Waals surface area contributed by atoms with Crippen LogP contribution in [0.2, 0.25) is 18.1 Å². The van der Waals surface area contributed by atoms with E-state index in [1.54, 1.807) is 0 Å². The van der Waals surface area contributed by atoms with Crippen molar-refractivity contribution in [3.8, 4) is 0 Å². The monoisotopic (exact) mass is 229 g/mol. The molecule has 15 heavy (non-hydrogen) atoms. The topological polar surface area (TPSA) is 35.2 Å². The molecule has 0 aromatic rings. The van der Waals surface area contributed by atoms with Gasteiger partial charge in [0.1, 0.15) is 0 Å². The molecule has 0 aliphatic heterocycles. The van der Waals surface area contributed by atoms with E-state index >= 15 is 0 Å². The quantitative estimate of drug-likeness (QED) is 0.754. The van der Waals surface area contributed by atoms with Crippen LogP contribution in [0.4, 0.5) is 0 Å². The lowest BCUT2D eigenvalue weighted by molar-refractivity contribution is -0.0363. The lowest BCUT2D eigenvalue weighted by atomic mass is 9.75. The molecule has 0 bridgehead atoms. The van der Waals surface area contributed by atoms with Gasteiger partial charge in [-0.05, 0) is 37.4 Å². The van der Waals surface area contributed by atoms with E-state index in [4.69, 9.17) is 10.2 Å². The highest BCUT2D eigenvalue weighted by Gasteiger charge is 2.49. The summed E-state index contributed by atoms with van der Waals surface area (Å²) < 4.78 is 6.50. The normalized spacial score (nSPS) is 32.6. The van der Waals surface area contributed by atoms with E-state index in [9.17, 15) is 0 Å². The largest absolute Gasteiger partial charge is 0.411 e. The highest BCUT2D eigenvalue weighted by Crippen LogP contribution is 2.46. The summed E-state index contributed by atoms with van der Waals surface area (Å²) in [6.45, 7) is 13.8. The van der Waals surface area contributed by atoms with E-state index in [-0.39, 0.29) is 5.60 Å². The van der Waals surface area contributed by atoms with Gasteiger partial charge in [-0.2, -0.15) is 0 Å². The fourth-order valence-corrected chi connectivity index (χ4v) is 3.73. The van der Waals surface area contributed by atoms with Crippen LogP contribution in [0.15, 0.2) is 0 Å². The number of nitrogens with two attached hydrogens (primary N) is 1. The van der Waals surface area contributed by atoms with E-state index in [1.807, 2.05) is 0 Å². The molecule has 1 fully saturated rings. The van der Waals surface area contributed by atoms with Crippen molar-refractivity contribution in [2.24, 2.45) is 5.73 Å². The second kappa shape index (κ2) is 3.86. The van der Waals surface area contributed by atoms with Gasteiger partial charge in [0.05, 0.1) is 5.60 Å². The maximum atomic E-state index is 6.50. The summed E-state index contributed by atoms with van der Waals surface area (Å²) in [5.74, 6) is 0. The van der Waals surface area contributed by atoms with E-state index in [2.05, 4.69) is 40.8 Å². The van der Waals surface area contributed by atoms with Crippen molar-refractivity contribution in [1.29, 1.82) is 0 Å². The highest BCUT2D eigenvalue weighted by atomic mass is 28.4. The Morgan fingerprint density at radius 1 is 1.33 bits per heavy atom. The van der Waals surface area contributed by atoms with Crippen molar-refractivity contribution in [2.75, 3.05) is 0 Å². The maximum Gasteiger partial charge on any atom is 0.192 e. The molecule has 2 nitrogen and oxygen atoms in total. The van der Waals surface area contributed by atoms with Crippen LogP contribution in [0, 0.1) is 0 Å². The Balaban J connectivity index is 2.68. The average molecular weight is 229 g/mol. The molecule has 0 atom stereocenters. The SMILES string of the molecule is CC[C@]1(O[Si](C)(C)C(C)(C)C)C[C@@H](N)C1. The Hall–Kier alpha value is 0.137. The van der Waals surface area contributed by atoms with Crippen molar-refractivity contribution in [3.63, 3.8) is 0 Å². The van der Waals surface area contributed by atoms with Crippen LogP contribution >= 0.6 is 0 Å². The fraction of sp³-hybridized carbons (Fsp3) is 1.00. The predicted molar refractivity (Wildman–Crippen MR) is 68.5 cm³/mol. The fourth-order valence-electron chi connectivity index (χ4n) is 2.03. The van der Waals surface area contributed by atoms with Gasteiger partial charge in [-0.3, -0.25) is 0 Å². The summed E-state index contributed by atoms with van der Waals surface area (Å²) in [4.78, 5) is 0.